The summed E-state index contributed by atoms with van der Waals surface area (Å²) in [5.41, 5.74) is 7.33. The molecule has 1 spiro atoms. The lowest BCUT2D eigenvalue weighted by Gasteiger charge is -2.72. The van der Waals surface area contributed by atoms with E-state index in [-0.39, 0.29) is 29.3 Å². The number of nitrogens with zero attached hydrogens (tertiary/aromatic N) is 4. The lowest BCUT2D eigenvalue weighted by Crippen LogP contribution is -2.85. The zero-order valence-electron chi connectivity index (χ0n) is 29.4. The smallest absolute Gasteiger partial charge is 0.329 e. The topological polar surface area (TPSA) is 59.4 Å². The molecule has 0 aliphatic carbocycles. The van der Waals surface area contributed by atoms with E-state index in [1.54, 1.807) is 12.7 Å². The summed E-state index contributed by atoms with van der Waals surface area (Å²) < 4.78 is 23.3. The molecule has 0 saturated carbocycles. The van der Waals surface area contributed by atoms with Crippen molar-refractivity contribution in [1.82, 2.24) is 14.4 Å². The highest BCUT2D eigenvalue weighted by atomic mass is 16.7. The van der Waals surface area contributed by atoms with Crippen LogP contribution in [0.4, 0.5) is 5.69 Å². The molecule has 6 fully saturated rings. The summed E-state index contributed by atoms with van der Waals surface area (Å²) in [4.78, 5) is 21.8. The third kappa shape index (κ3) is 3.26. The molecule has 5 unspecified atom stereocenters. The van der Waals surface area contributed by atoms with Gasteiger partial charge in [-0.15, -0.1) is 0 Å². The second-order valence-corrected chi connectivity index (χ2v) is 16.8. The molecule has 9 heterocycles. The average Bonchev–Trinajstić information content (AvgIpc) is 3.53. The van der Waals surface area contributed by atoms with Crippen LogP contribution >= 0.6 is 0 Å². The fraction of sp³-hybridized carbons (Fsp3) is 0.585. The lowest BCUT2D eigenvalue weighted by molar-refractivity contribution is -0.401. The monoisotopic (exact) mass is 660 g/mol. The Morgan fingerprint density at radius 1 is 1.06 bits per heavy atom. The minimum Gasteiger partial charge on any atom is -0.467 e. The van der Waals surface area contributed by atoms with Crippen molar-refractivity contribution in [2.75, 3.05) is 38.8 Å². The molecular weight excluding hydrogens is 612 g/mol. The summed E-state index contributed by atoms with van der Waals surface area (Å²) in [6.07, 6.45) is 7.36. The highest BCUT2D eigenvalue weighted by Gasteiger charge is 2.80. The summed E-state index contributed by atoms with van der Waals surface area (Å²) in [7, 11) is 6.19. The van der Waals surface area contributed by atoms with Crippen LogP contribution in [0.3, 0.4) is 0 Å². The van der Waals surface area contributed by atoms with Crippen LogP contribution in [0.15, 0.2) is 60.2 Å². The Hall–Kier alpha value is -3.17. The van der Waals surface area contributed by atoms with Crippen LogP contribution in [0, 0.1) is 23.7 Å². The number of piperidine rings is 4. The fourth-order valence-electron chi connectivity index (χ4n) is 13.5. The Kier molecular flexibility index (Phi) is 5.78. The van der Waals surface area contributed by atoms with Gasteiger partial charge in [-0.1, -0.05) is 48.0 Å². The molecule has 8 aliphatic heterocycles. The average molecular weight is 661 g/mol. The van der Waals surface area contributed by atoms with Crippen molar-refractivity contribution in [2.24, 2.45) is 30.7 Å². The van der Waals surface area contributed by atoms with Crippen LogP contribution in [0.2, 0.25) is 0 Å². The Morgan fingerprint density at radius 2 is 1.88 bits per heavy atom. The number of aromatic nitrogens is 1. The molecule has 0 radical (unpaired) electrons. The first kappa shape index (κ1) is 29.5. The molecule has 49 heavy (non-hydrogen) atoms. The Balaban J connectivity index is 1.07. The largest absolute Gasteiger partial charge is 0.467 e. The van der Waals surface area contributed by atoms with E-state index >= 15 is 0 Å². The van der Waals surface area contributed by atoms with Gasteiger partial charge in [0.1, 0.15) is 6.04 Å². The molecule has 0 N–H and O–H groups in total. The number of hydrogen-bond donors (Lipinski definition) is 0. The normalized spacial score (nSPS) is 43.8. The Morgan fingerprint density at radius 3 is 2.71 bits per heavy atom. The summed E-state index contributed by atoms with van der Waals surface area (Å²) in [6, 6.07) is 18.5. The van der Waals surface area contributed by atoms with Gasteiger partial charge in [0.15, 0.2) is 11.5 Å². The van der Waals surface area contributed by atoms with Gasteiger partial charge in [0.25, 0.3) is 0 Å². The molecule has 0 amide bonds. The third-order valence-electron chi connectivity index (χ3n) is 15.5. The zero-order valence-corrected chi connectivity index (χ0v) is 29.4. The molecule has 4 bridgehead atoms. The van der Waals surface area contributed by atoms with E-state index < -0.39 is 17.6 Å². The van der Waals surface area contributed by atoms with Crippen molar-refractivity contribution in [3.8, 4) is 0 Å². The number of methoxy groups -OCH3 is 1. The van der Waals surface area contributed by atoms with Crippen molar-refractivity contribution in [2.45, 2.75) is 87.0 Å². The number of likely N-dealkylation sites (N-methyl/N-ethyl adjacent to an activating group) is 1. The van der Waals surface area contributed by atoms with Gasteiger partial charge in [0.05, 0.1) is 25.8 Å². The van der Waals surface area contributed by atoms with E-state index in [0.717, 1.165) is 50.9 Å². The standard InChI is InChI=1S/C41H48N4O4/c1-6-23-21-44-16-15-40-20-30-26-17-34-36-27(24-11-7-9-13-31(24)43(36)4)18-33(42(34)3)28(26)22-48-39(30,2)49-41(40)35(44)19-25(23)37(38(46)47-5)45(41)32-14-10-8-12-29(32)40/h6-14,25-26,28,30,33-35,37H,15-22H2,1-5H3/b23-6-/t25-,26?,28?,30?,33?,34?,35-,37-,39+,40-,41-/m0/s1. The zero-order chi connectivity index (χ0) is 33.2. The van der Waals surface area contributed by atoms with Crippen molar-refractivity contribution >= 4 is 22.6 Å². The first-order valence-electron chi connectivity index (χ1n) is 18.7. The molecule has 8 heteroatoms. The predicted molar refractivity (Wildman–Crippen MR) is 187 cm³/mol. The number of esters is 1. The molecule has 6 saturated heterocycles. The minimum atomic E-state index is -0.756. The number of fused-ring (bicyclic) bond motifs is 13. The van der Waals surface area contributed by atoms with Gasteiger partial charge in [-0.2, -0.15) is 0 Å². The number of aryl methyl sites for hydroxylation is 1. The van der Waals surface area contributed by atoms with E-state index in [1.807, 2.05) is 0 Å². The molecule has 1 aromatic heterocycles. The van der Waals surface area contributed by atoms with Crippen molar-refractivity contribution < 1.29 is 19.0 Å². The number of carbonyl (C=O) groups is 1. The number of anilines is 1. The lowest BCUT2D eigenvalue weighted by atomic mass is 9.52. The summed E-state index contributed by atoms with van der Waals surface area (Å²) in [5.74, 6) is 0.357. The quantitative estimate of drug-likeness (QED) is 0.251. The van der Waals surface area contributed by atoms with Gasteiger partial charge in [-0.05, 0) is 82.2 Å². The van der Waals surface area contributed by atoms with Crippen LogP contribution < -0.4 is 4.90 Å². The second-order valence-electron chi connectivity index (χ2n) is 16.8. The molecule has 11 atom stereocenters. The SMILES string of the molecule is C/C=C1/CN2CC[C@@]34CC5C6CC7c8c(c9ccccc9n8C)CC(C6CO[C@]5(C)O[C@@]35[C@@H]2C[C@@H]1[C@@H](C(=O)OC)N5c1ccccc14)N7C. The van der Waals surface area contributed by atoms with E-state index in [9.17, 15) is 4.79 Å². The van der Waals surface area contributed by atoms with Gasteiger partial charge >= 0.3 is 5.97 Å². The van der Waals surface area contributed by atoms with Gasteiger partial charge in [0, 0.05) is 71.6 Å². The minimum absolute atomic E-state index is 0.0975. The number of allylic oxidation sites excluding steroid dienone is 1. The molecule has 11 rings (SSSR count). The van der Waals surface area contributed by atoms with Gasteiger partial charge in [-0.25, -0.2) is 4.79 Å². The number of ether oxygens (including phenoxy) is 3. The van der Waals surface area contributed by atoms with E-state index in [0.29, 0.717) is 30.5 Å². The summed E-state index contributed by atoms with van der Waals surface area (Å²) in [5, 5.41) is 1.42. The molecule has 8 nitrogen and oxygen atoms in total. The van der Waals surface area contributed by atoms with Crippen molar-refractivity contribution in [3.05, 3.63) is 77.0 Å². The third-order valence-corrected chi connectivity index (χ3v) is 15.5. The first-order valence-corrected chi connectivity index (χ1v) is 18.7. The van der Waals surface area contributed by atoms with Crippen LogP contribution in [-0.4, -0.2) is 83.8 Å². The van der Waals surface area contributed by atoms with Gasteiger partial charge < -0.3 is 23.7 Å². The number of carbonyl (C=O) groups excluding carboxylic acids is 1. The van der Waals surface area contributed by atoms with Crippen molar-refractivity contribution in [3.63, 3.8) is 0 Å². The van der Waals surface area contributed by atoms with Crippen LogP contribution in [0.5, 0.6) is 0 Å². The second kappa shape index (κ2) is 9.58. The molecule has 3 aromatic rings. The Bertz CT molecular complexity index is 1970. The molecule has 256 valence electrons. The highest BCUT2D eigenvalue weighted by Crippen LogP contribution is 2.72. The van der Waals surface area contributed by atoms with E-state index in [2.05, 4.69) is 102 Å². The highest BCUT2D eigenvalue weighted by molar-refractivity contribution is 5.87. The van der Waals surface area contributed by atoms with Crippen LogP contribution in [-0.2, 0) is 37.9 Å². The maximum Gasteiger partial charge on any atom is 0.329 e. The van der Waals surface area contributed by atoms with Gasteiger partial charge in [0.2, 0.25) is 0 Å². The summed E-state index contributed by atoms with van der Waals surface area (Å²) in [6.45, 7) is 7.02. The maximum atomic E-state index is 14.0. The van der Waals surface area contributed by atoms with Crippen molar-refractivity contribution in [1.29, 1.82) is 0 Å². The van der Waals surface area contributed by atoms with Crippen LogP contribution in [0.1, 0.15) is 62.4 Å². The molecule has 8 aliphatic rings. The predicted octanol–water partition coefficient (Wildman–Crippen LogP) is 5.54. The van der Waals surface area contributed by atoms with E-state index in [4.69, 9.17) is 14.2 Å². The Labute approximate surface area is 288 Å². The van der Waals surface area contributed by atoms with Crippen LogP contribution in [0.25, 0.3) is 10.9 Å². The number of benzene rings is 2. The maximum absolute atomic E-state index is 14.0. The fourth-order valence-corrected chi connectivity index (χ4v) is 13.5. The van der Waals surface area contributed by atoms with E-state index in [1.165, 1.54) is 27.7 Å². The number of rotatable bonds is 1. The molecular formula is C41H48N4O4. The van der Waals surface area contributed by atoms with Gasteiger partial charge in [-0.3, -0.25) is 9.80 Å². The first-order chi connectivity index (χ1) is 23.8. The molecule has 2 aromatic carbocycles. The number of para-hydroxylation sites is 2. The number of hydrogen-bond acceptors (Lipinski definition) is 7. The summed E-state index contributed by atoms with van der Waals surface area (Å²) >= 11 is 0.